The summed E-state index contributed by atoms with van der Waals surface area (Å²) in [5, 5.41) is 11.3. The molecule has 1 aromatic carbocycles. The quantitative estimate of drug-likeness (QED) is 0.737. The molecule has 1 unspecified atom stereocenters. The average molecular weight is 382 g/mol. The van der Waals surface area contributed by atoms with Crippen LogP contribution < -0.4 is 0 Å². The molecule has 1 amide bonds. The van der Waals surface area contributed by atoms with E-state index in [1.807, 2.05) is 18.7 Å². The second-order valence-electron chi connectivity index (χ2n) is 7.32. The summed E-state index contributed by atoms with van der Waals surface area (Å²) in [5.41, 5.74) is 4.20. The van der Waals surface area contributed by atoms with Crippen LogP contribution in [-0.2, 0) is 11.2 Å². The Morgan fingerprint density at radius 3 is 2.96 bits per heavy atom. The minimum Gasteiger partial charge on any atom is -0.356 e. The van der Waals surface area contributed by atoms with Crippen molar-refractivity contribution < 1.29 is 13.7 Å². The predicted octanol–water partition coefficient (Wildman–Crippen LogP) is 4.12. The molecule has 0 saturated carbocycles. The Hall–Kier alpha value is -2.96. The monoisotopic (exact) mass is 382 g/mol. The number of H-pyrrole nitrogens is 1. The van der Waals surface area contributed by atoms with Crippen molar-refractivity contribution in [1.82, 2.24) is 20.3 Å². The summed E-state index contributed by atoms with van der Waals surface area (Å²) >= 11 is 0. The topological polar surface area (TPSA) is 75.0 Å². The molecule has 0 bridgehead atoms. The van der Waals surface area contributed by atoms with Crippen LogP contribution in [0.2, 0.25) is 0 Å². The average Bonchev–Trinajstić information content (AvgIpc) is 3.29. The van der Waals surface area contributed by atoms with E-state index in [0.29, 0.717) is 17.9 Å². The first-order chi connectivity index (χ1) is 13.5. The Bertz CT molecular complexity index is 994. The van der Waals surface area contributed by atoms with Gasteiger partial charge in [-0.2, -0.15) is 5.10 Å². The standard InChI is InChI=1S/C21H23FN4O2/c1-13-14(2)25-28-21(13)17-12-23-24-20(17)18-8-3-4-9-26(18)19(27)11-15-6-5-7-16(22)10-15/h5-7,10,12,18H,3-4,8-9,11H2,1-2H3,(H,23,24). The van der Waals surface area contributed by atoms with E-state index in [1.54, 1.807) is 18.3 Å². The largest absolute Gasteiger partial charge is 0.356 e. The molecular formula is C21H23FN4O2. The number of nitrogens with one attached hydrogen (secondary N) is 1. The lowest BCUT2D eigenvalue weighted by Gasteiger charge is -2.35. The molecule has 0 aliphatic carbocycles. The van der Waals surface area contributed by atoms with Crippen LogP contribution in [0, 0.1) is 19.7 Å². The molecule has 7 heteroatoms. The summed E-state index contributed by atoms with van der Waals surface area (Å²) in [4.78, 5) is 14.9. The van der Waals surface area contributed by atoms with Crippen LogP contribution in [0.25, 0.3) is 11.3 Å². The molecule has 1 fully saturated rings. The third-order valence-corrected chi connectivity index (χ3v) is 5.47. The number of carbonyl (C=O) groups is 1. The number of aromatic nitrogens is 3. The highest BCUT2D eigenvalue weighted by molar-refractivity contribution is 5.80. The van der Waals surface area contributed by atoms with E-state index in [-0.39, 0.29) is 24.2 Å². The first kappa shape index (κ1) is 18.4. The fraction of sp³-hybridized carbons (Fsp3) is 0.381. The fourth-order valence-corrected chi connectivity index (χ4v) is 3.85. The zero-order valence-electron chi connectivity index (χ0n) is 16.0. The molecule has 4 rings (SSSR count). The van der Waals surface area contributed by atoms with Crippen molar-refractivity contribution >= 4 is 5.91 Å². The van der Waals surface area contributed by atoms with Gasteiger partial charge in [0, 0.05) is 12.1 Å². The van der Waals surface area contributed by atoms with Gasteiger partial charge in [0.2, 0.25) is 5.91 Å². The van der Waals surface area contributed by atoms with Gasteiger partial charge >= 0.3 is 0 Å². The summed E-state index contributed by atoms with van der Waals surface area (Å²) in [5.74, 6) is 0.346. The highest BCUT2D eigenvalue weighted by Gasteiger charge is 2.32. The second-order valence-corrected chi connectivity index (χ2v) is 7.32. The maximum absolute atomic E-state index is 13.5. The molecule has 3 heterocycles. The Labute approximate surface area is 162 Å². The van der Waals surface area contributed by atoms with Crippen molar-refractivity contribution in [2.45, 2.75) is 45.6 Å². The number of piperidine rings is 1. The molecule has 0 radical (unpaired) electrons. The van der Waals surface area contributed by atoms with Crippen LogP contribution in [-0.4, -0.2) is 32.7 Å². The highest BCUT2D eigenvalue weighted by Crippen LogP contribution is 2.37. The van der Waals surface area contributed by atoms with Gasteiger partial charge in [-0.15, -0.1) is 0 Å². The summed E-state index contributed by atoms with van der Waals surface area (Å²) in [6, 6.07) is 6.10. The molecule has 28 heavy (non-hydrogen) atoms. The lowest BCUT2D eigenvalue weighted by Crippen LogP contribution is -2.39. The lowest BCUT2D eigenvalue weighted by molar-refractivity contribution is -0.134. The molecule has 1 atom stereocenters. The van der Waals surface area contributed by atoms with Crippen molar-refractivity contribution in [3.05, 3.63) is 58.8 Å². The molecule has 146 valence electrons. The first-order valence-electron chi connectivity index (χ1n) is 9.55. The molecule has 2 aromatic heterocycles. The van der Waals surface area contributed by atoms with E-state index in [4.69, 9.17) is 4.52 Å². The minimum absolute atomic E-state index is 0.0127. The minimum atomic E-state index is -0.326. The summed E-state index contributed by atoms with van der Waals surface area (Å²) in [6.07, 6.45) is 4.73. The van der Waals surface area contributed by atoms with Gasteiger partial charge in [0.15, 0.2) is 5.76 Å². The number of benzene rings is 1. The van der Waals surface area contributed by atoms with Crippen LogP contribution in [0.5, 0.6) is 0 Å². The second kappa shape index (κ2) is 7.58. The highest BCUT2D eigenvalue weighted by atomic mass is 19.1. The van der Waals surface area contributed by atoms with E-state index >= 15 is 0 Å². The van der Waals surface area contributed by atoms with Crippen LogP contribution in [0.15, 0.2) is 35.0 Å². The van der Waals surface area contributed by atoms with Gasteiger partial charge in [0.05, 0.1) is 35.6 Å². The number of aromatic amines is 1. The van der Waals surface area contributed by atoms with Gasteiger partial charge in [-0.1, -0.05) is 17.3 Å². The maximum atomic E-state index is 13.5. The third-order valence-electron chi connectivity index (χ3n) is 5.47. The molecule has 3 aromatic rings. The number of nitrogens with zero attached hydrogens (tertiary/aromatic N) is 3. The first-order valence-corrected chi connectivity index (χ1v) is 9.55. The van der Waals surface area contributed by atoms with Crippen molar-refractivity contribution in [2.24, 2.45) is 0 Å². The smallest absolute Gasteiger partial charge is 0.227 e. The Morgan fingerprint density at radius 2 is 2.21 bits per heavy atom. The molecule has 1 saturated heterocycles. The number of aryl methyl sites for hydroxylation is 1. The Kier molecular flexibility index (Phi) is 4.98. The van der Waals surface area contributed by atoms with Crippen molar-refractivity contribution in [1.29, 1.82) is 0 Å². The van der Waals surface area contributed by atoms with Gasteiger partial charge in [-0.3, -0.25) is 9.89 Å². The number of rotatable bonds is 4. The predicted molar refractivity (Wildman–Crippen MR) is 102 cm³/mol. The zero-order valence-corrected chi connectivity index (χ0v) is 16.0. The number of hydrogen-bond donors (Lipinski definition) is 1. The van der Waals surface area contributed by atoms with Crippen molar-refractivity contribution in [3.63, 3.8) is 0 Å². The van der Waals surface area contributed by atoms with Gasteiger partial charge in [0.25, 0.3) is 0 Å². The zero-order chi connectivity index (χ0) is 19.7. The maximum Gasteiger partial charge on any atom is 0.227 e. The molecular weight excluding hydrogens is 359 g/mol. The Morgan fingerprint density at radius 1 is 1.36 bits per heavy atom. The molecule has 1 aliphatic rings. The number of halogens is 1. The van der Waals surface area contributed by atoms with Gasteiger partial charge in [0.1, 0.15) is 5.82 Å². The van der Waals surface area contributed by atoms with Crippen molar-refractivity contribution in [3.8, 4) is 11.3 Å². The fourth-order valence-electron chi connectivity index (χ4n) is 3.85. The summed E-state index contributed by atoms with van der Waals surface area (Å²) in [6.45, 7) is 4.54. The van der Waals surface area contributed by atoms with Crippen molar-refractivity contribution in [2.75, 3.05) is 6.54 Å². The van der Waals surface area contributed by atoms with Crippen LogP contribution in [0.3, 0.4) is 0 Å². The number of carbonyl (C=O) groups excluding carboxylic acids is 1. The van der Waals surface area contributed by atoms with Crippen LogP contribution in [0.1, 0.15) is 47.8 Å². The Balaban J connectivity index is 1.62. The van der Waals surface area contributed by atoms with Gasteiger partial charge in [-0.05, 0) is 50.8 Å². The van der Waals surface area contributed by atoms with E-state index in [2.05, 4.69) is 15.4 Å². The van der Waals surface area contributed by atoms with Gasteiger partial charge < -0.3 is 9.42 Å². The summed E-state index contributed by atoms with van der Waals surface area (Å²) < 4.78 is 19.0. The van der Waals surface area contributed by atoms with E-state index < -0.39 is 0 Å². The lowest BCUT2D eigenvalue weighted by atomic mass is 9.94. The number of amides is 1. The van der Waals surface area contributed by atoms with Crippen LogP contribution >= 0.6 is 0 Å². The molecule has 0 spiro atoms. The van der Waals surface area contributed by atoms with Gasteiger partial charge in [-0.25, -0.2) is 4.39 Å². The number of hydrogen-bond acceptors (Lipinski definition) is 4. The normalized spacial score (nSPS) is 17.1. The van der Waals surface area contributed by atoms with Crippen LogP contribution in [0.4, 0.5) is 4.39 Å². The van der Waals surface area contributed by atoms with E-state index in [0.717, 1.165) is 41.8 Å². The molecule has 6 nitrogen and oxygen atoms in total. The number of likely N-dealkylation sites (tertiary alicyclic amines) is 1. The molecule has 1 aliphatic heterocycles. The van der Waals surface area contributed by atoms with E-state index in [9.17, 15) is 9.18 Å². The van der Waals surface area contributed by atoms with E-state index in [1.165, 1.54) is 12.1 Å². The summed E-state index contributed by atoms with van der Waals surface area (Å²) in [7, 11) is 0. The third kappa shape index (κ3) is 3.44. The SMILES string of the molecule is Cc1noc(-c2cn[nH]c2C2CCCCN2C(=O)Cc2cccc(F)c2)c1C. The molecule has 1 N–H and O–H groups in total.